The molecule has 1 aromatic rings. The summed E-state index contributed by atoms with van der Waals surface area (Å²) in [4.78, 5) is 0. The van der Waals surface area contributed by atoms with Gasteiger partial charge in [0.1, 0.15) is 0 Å². The number of thiol groups is 1. The number of aryl methyl sites for hydroxylation is 1. The standard InChI is InChI=1S/C7H12S3/c1-6-4-7(9-5-6)10(2,3)8/h4-5,8H,1-3H3. The summed E-state index contributed by atoms with van der Waals surface area (Å²) in [7, 11) is -0.769. The molecule has 0 aliphatic heterocycles. The van der Waals surface area contributed by atoms with Gasteiger partial charge in [0.2, 0.25) is 0 Å². The first-order valence-electron chi connectivity index (χ1n) is 3.01. The van der Waals surface area contributed by atoms with E-state index in [4.69, 9.17) is 0 Å². The molecule has 0 aromatic carbocycles. The molecule has 0 saturated carbocycles. The Morgan fingerprint density at radius 2 is 2.10 bits per heavy atom. The average Bonchev–Trinajstić information content (AvgIpc) is 2.11. The average molecular weight is 192 g/mol. The lowest BCUT2D eigenvalue weighted by atomic mass is 10.4. The number of thiophene rings is 1. The third-order valence-corrected chi connectivity index (χ3v) is 5.64. The third kappa shape index (κ3) is 1.94. The van der Waals surface area contributed by atoms with Crippen LogP contribution in [0.25, 0.3) is 0 Å². The maximum absolute atomic E-state index is 4.55. The number of rotatable bonds is 1. The number of hydrogen-bond acceptors (Lipinski definition) is 2. The maximum Gasteiger partial charge on any atom is 0.0512 e. The molecule has 0 amide bonds. The zero-order valence-electron chi connectivity index (χ0n) is 6.42. The summed E-state index contributed by atoms with van der Waals surface area (Å²) in [5.74, 6) is 0. The number of hydrogen-bond donors (Lipinski definition) is 1. The molecule has 0 aliphatic carbocycles. The third-order valence-electron chi connectivity index (χ3n) is 1.20. The van der Waals surface area contributed by atoms with Gasteiger partial charge < -0.3 is 0 Å². The maximum atomic E-state index is 4.55. The SMILES string of the molecule is Cc1csc(S(C)(C)S)c1. The molecule has 0 fully saturated rings. The van der Waals surface area contributed by atoms with Crippen molar-refractivity contribution in [3.63, 3.8) is 0 Å². The zero-order valence-corrected chi connectivity index (χ0v) is 8.95. The van der Waals surface area contributed by atoms with Crippen molar-refractivity contribution in [2.24, 2.45) is 0 Å². The van der Waals surface area contributed by atoms with Crippen molar-refractivity contribution in [1.29, 1.82) is 0 Å². The van der Waals surface area contributed by atoms with Crippen LogP contribution in [0, 0.1) is 6.92 Å². The van der Waals surface area contributed by atoms with E-state index in [9.17, 15) is 0 Å². The van der Waals surface area contributed by atoms with Gasteiger partial charge in [0, 0.05) is 0 Å². The molecule has 10 heavy (non-hydrogen) atoms. The molecular formula is C7H12S3. The second-order valence-corrected chi connectivity index (χ2v) is 9.61. The van der Waals surface area contributed by atoms with Crippen LogP contribution in [0.15, 0.2) is 15.7 Å². The molecule has 0 saturated heterocycles. The summed E-state index contributed by atoms with van der Waals surface area (Å²) in [6.07, 6.45) is 4.39. The van der Waals surface area contributed by atoms with Crippen LogP contribution < -0.4 is 0 Å². The van der Waals surface area contributed by atoms with Gasteiger partial charge in [-0.25, -0.2) is 0 Å². The van der Waals surface area contributed by atoms with Gasteiger partial charge in [-0.15, -0.1) is 23.0 Å². The fourth-order valence-corrected chi connectivity index (χ4v) is 3.40. The summed E-state index contributed by atoms with van der Waals surface area (Å²) in [6.45, 7) is 2.12. The summed E-state index contributed by atoms with van der Waals surface area (Å²) in [5.41, 5.74) is 1.36. The van der Waals surface area contributed by atoms with E-state index in [2.05, 4.69) is 42.5 Å². The van der Waals surface area contributed by atoms with E-state index in [1.54, 1.807) is 0 Å². The first kappa shape index (κ1) is 8.50. The predicted octanol–water partition coefficient (Wildman–Crippen LogP) is 3.32. The molecule has 58 valence electrons. The minimum Gasteiger partial charge on any atom is -0.165 e. The molecule has 0 unspecified atom stereocenters. The lowest BCUT2D eigenvalue weighted by molar-refractivity contribution is 1.51. The van der Waals surface area contributed by atoms with Gasteiger partial charge in [-0.3, -0.25) is 0 Å². The zero-order chi connectivity index (χ0) is 7.78. The van der Waals surface area contributed by atoms with Crippen LogP contribution in [0.4, 0.5) is 0 Å². The highest BCUT2D eigenvalue weighted by Crippen LogP contribution is 2.55. The first-order valence-corrected chi connectivity index (χ1v) is 7.39. The van der Waals surface area contributed by atoms with Gasteiger partial charge in [-0.05, 0) is 36.4 Å². The Kier molecular flexibility index (Phi) is 2.38. The second kappa shape index (κ2) is 2.80. The Balaban J connectivity index is 2.96. The minimum atomic E-state index is -0.769. The highest BCUT2D eigenvalue weighted by molar-refractivity contribution is 8.87. The molecular weight excluding hydrogens is 180 g/mol. The molecule has 0 bridgehead atoms. The van der Waals surface area contributed by atoms with Crippen molar-refractivity contribution < 1.29 is 0 Å². The van der Waals surface area contributed by atoms with Crippen LogP contribution in [0.3, 0.4) is 0 Å². The molecule has 0 radical (unpaired) electrons. The Hall–Kier alpha value is 0.400. The van der Waals surface area contributed by atoms with E-state index in [1.165, 1.54) is 9.77 Å². The first-order chi connectivity index (χ1) is 4.50. The molecule has 0 N–H and O–H groups in total. The van der Waals surface area contributed by atoms with Gasteiger partial charge in [0.15, 0.2) is 0 Å². The van der Waals surface area contributed by atoms with Crippen LogP contribution in [-0.4, -0.2) is 12.5 Å². The van der Waals surface area contributed by atoms with Gasteiger partial charge in [0.25, 0.3) is 0 Å². The molecule has 0 nitrogen and oxygen atoms in total. The van der Waals surface area contributed by atoms with Crippen LogP contribution >= 0.6 is 32.1 Å². The molecule has 1 aromatic heterocycles. The van der Waals surface area contributed by atoms with E-state index in [0.29, 0.717) is 0 Å². The predicted molar refractivity (Wildman–Crippen MR) is 55.7 cm³/mol. The Morgan fingerprint density at radius 1 is 1.50 bits per heavy atom. The summed E-state index contributed by atoms with van der Waals surface area (Å²) < 4.78 is 1.42. The van der Waals surface area contributed by atoms with Crippen LogP contribution in [-0.2, 0) is 0 Å². The van der Waals surface area contributed by atoms with Crippen molar-refractivity contribution in [2.75, 3.05) is 12.5 Å². The lowest BCUT2D eigenvalue weighted by Gasteiger charge is -2.21. The Labute approximate surface area is 72.8 Å². The largest absolute Gasteiger partial charge is 0.165 e. The molecule has 0 atom stereocenters. The van der Waals surface area contributed by atoms with Gasteiger partial charge in [-0.1, -0.05) is 0 Å². The van der Waals surface area contributed by atoms with Crippen LogP contribution in [0.2, 0.25) is 0 Å². The van der Waals surface area contributed by atoms with E-state index in [0.717, 1.165) is 0 Å². The molecule has 0 spiro atoms. The topological polar surface area (TPSA) is 0 Å². The molecule has 1 heterocycles. The summed E-state index contributed by atoms with van der Waals surface area (Å²) in [6, 6.07) is 2.23. The van der Waals surface area contributed by atoms with Crippen molar-refractivity contribution in [3.8, 4) is 0 Å². The van der Waals surface area contributed by atoms with Gasteiger partial charge >= 0.3 is 0 Å². The molecule has 0 aliphatic rings. The summed E-state index contributed by atoms with van der Waals surface area (Å²) in [5, 5.41) is 2.18. The van der Waals surface area contributed by atoms with E-state index < -0.39 is 9.06 Å². The van der Waals surface area contributed by atoms with E-state index in [-0.39, 0.29) is 0 Å². The second-order valence-electron chi connectivity index (χ2n) is 2.72. The Morgan fingerprint density at radius 3 is 2.30 bits per heavy atom. The highest BCUT2D eigenvalue weighted by Gasteiger charge is 2.09. The van der Waals surface area contributed by atoms with E-state index in [1.807, 2.05) is 11.3 Å². The highest BCUT2D eigenvalue weighted by atomic mass is 33.1. The smallest absolute Gasteiger partial charge is 0.0512 e. The fraction of sp³-hybridized carbons (Fsp3) is 0.429. The Bertz CT molecular complexity index is 219. The molecule has 3 heteroatoms. The van der Waals surface area contributed by atoms with Crippen molar-refractivity contribution in [1.82, 2.24) is 0 Å². The van der Waals surface area contributed by atoms with Crippen molar-refractivity contribution in [3.05, 3.63) is 17.0 Å². The van der Waals surface area contributed by atoms with Gasteiger partial charge in [-0.2, -0.15) is 9.06 Å². The van der Waals surface area contributed by atoms with Gasteiger partial charge in [0.05, 0.1) is 4.21 Å². The fourth-order valence-electron chi connectivity index (χ4n) is 0.667. The van der Waals surface area contributed by atoms with Crippen molar-refractivity contribution in [2.45, 2.75) is 11.1 Å². The minimum absolute atomic E-state index is 0.769. The normalized spacial score (nSPS) is 13.6. The molecule has 1 rings (SSSR count). The quantitative estimate of drug-likeness (QED) is 0.512. The lowest BCUT2D eigenvalue weighted by Crippen LogP contribution is -1.80. The van der Waals surface area contributed by atoms with Crippen molar-refractivity contribution >= 4 is 32.1 Å². The summed E-state index contributed by atoms with van der Waals surface area (Å²) >= 11 is 6.37. The van der Waals surface area contributed by atoms with Crippen LogP contribution in [0.1, 0.15) is 5.56 Å². The van der Waals surface area contributed by atoms with Crippen LogP contribution in [0.5, 0.6) is 0 Å². The monoisotopic (exact) mass is 192 g/mol. The van der Waals surface area contributed by atoms with E-state index >= 15 is 0 Å².